The van der Waals surface area contributed by atoms with Gasteiger partial charge in [-0.05, 0) is 53.1 Å². The summed E-state index contributed by atoms with van der Waals surface area (Å²) in [4.78, 5) is 0. The lowest BCUT2D eigenvalue weighted by atomic mass is 10.4. The molecule has 0 heterocycles. The second-order valence-corrected chi connectivity index (χ2v) is 15.0. The van der Waals surface area contributed by atoms with E-state index in [0.717, 1.165) is 0 Å². The zero-order valence-electron chi connectivity index (χ0n) is 12.6. The molecule has 0 bridgehead atoms. The van der Waals surface area contributed by atoms with Crippen LogP contribution in [0.2, 0.25) is 39.3 Å². The fourth-order valence-electron chi connectivity index (χ4n) is 1.34. The van der Waals surface area contributed by atoms with Crippen molar-refractivity contribution in [1.82, 2.24) is 0 Å². The highest BCUT2D eigenvalue weighted by atomic mass is 28.4. The Balaban J connectivity index is 4.58. The van der Waals surface area contributed by atoms with Crippen molar-refractivity contribution in [3.05, 3.63) is 12.0 Å². The normalized spacial score (nSPS) is 15.6. The van der Waals surface area contributed by atoms with E-state index in [1.54, 1.807) is 0 Å². The molecule has 0 saturated heterocycles. The van der Waals surface area contributed by atoms with Crippen LogP contribution < -0.4 is 0 Å². The smallest absolute Gasteiger partial charge is 0.263 e. The van der Waals surface area contributed by atoms with Crippen molar-refractivity contribution in [2.24, 2.45) is 0 Å². The fraction of sp³-hybridized carbons (Fsp3) is 0.833. The molecule has 0 aromatic rings. The molecule has 5 heteroatoms. The molecule has 17 heavy (non-hydrogen) atoms. The highest BCUT2D eigenvalue weighted by molar-refractivity contribution is 6.70. The van der Waals surface area contributed by atoms with Crippen LogP contribution in [0, 0.1) is 0 Å². The summed E-state index contributed by atoms with van der Waals surface area (Å²) in [6, 6.07) is 0. The van der Waals surface area contributed by atoms with Crippen molar-refractivity contribution in [1.29, 1.82) is 0 Å². The molecule has 0 radical (unpaired) electrons. The van der Waals surface area contributed by atoms with Crippen molar-refractivity contribution in [3.8, 4) is 0 Å². The SMILES string of the molecule is CCO/C(=C\C(C)O[Si](C)(C)C)O[Si](C)(C)C. The Morgan fingerprint density at radius 2 is 1.59 bits per heavy atom. The van der Waals surface area contributed by atoms with Gasteiger partial charge in [-0.3, -0.25) is 0 Å². The van der Waals surface area contributed by atoms with Crippen molar-refractivity contribution in [3.63, 3.8) is 0 Å². The number of hydrogen-bond donors (Lipinski definition) is 0. The molecule has 0 amide bonds. The van der Waals surface area contributed by atoms with Crippen LogP contribution in [0.15, 0.2) is 12.0 Å². The quantitative estimate of drug-likeness (QED) is 0.520. The molecule has 0 aliphatic heterocycles. The summed E-state index contributed by atoms with van der Waals surface area (Å²) in [7, 11) is -3.13. The van der Waals surface area contributed by atoms with Crippen LogP contribution in [0.4, 0.5) is 0 Å². The van der Waals surface area contributed by atoms with E-state index in [2.05, 4.69) is 39.3 Å². The Morgan fingerprint density at radius 3 is 1.94 bits per heavy atom. The first kappa shape index (κ1) is 16.7. The highest BCUT2D eigenvalue weighted by Crippen LogP contribution is 2.15. The van der Waals surface area contributed by atoms with E-state index in [0.29, 0.717) is 12.6 Å². The largest absolute Gasteiger partial charge is 0.520 e. The second kappa shape index (κ2) is 6.61. The summed E-state index contributed by atoms with van der Waals surface area (Å²) in [5.41, 5.74) is 0. The molecule has 1 unspecified atom stereocenters. The van der Waals surface area contributed by atoms with Gasteiger partial charge in [0, 0.05) is 6.08 Å². The minimum atomic E-state index is -1.62. The Morgan fingerprint density at radius 1 is 1.06 bits per heavy atom. The fourth-order valence-corrected chi connectivity index (χ4v) is 3.25. The van der Waals surface area contributed by atoms with Gasteiger partial charge in [0.1, 0.15) is 0 Å². The van der Waals surface area contributed by atoms with E-state index in [1.807, 2.05) is 19.9 Å². The van der Waals surface area contributed by atoms with Gasteiger partial charge in [0.15, 0.2) is 8.32 Å². The number of ether oxygens (including phenoxy) is 1. The molecule has 0 spiro atoms. The van der Waals surface area contributed by atoms with Crippen LogP contribution in [-0.2, 0) is 13.6 Å². The van der Waals surface area contributed by atoms with E-state index in [1.165, 1.54) is 0 Å². The lowest BCUT2D eigenvalue weighted by Gasteiger charge is -2.25. The number of hydrogen-bond acceptors (Lipinski definition) is 3. The molecule has 0 N–H and O–H groups in total. The summed E-state index contributed by atoms with van der Waals surface area (Å²) in [5.74, 6) is 0.623. The average Bonchev–Trinajstić information content (AvgIpc) is 1.95. The summed E-state index contributed by atoms with van der Waals surface area (Å²) >= 11 is 0. The van der Waals surface area contributed by atoms with Crippen molar-refractivity contribution < 1.29 is 13.6 Å². The monoisotopic (exact) mass is 276 g/mol. The predicted octanol–water partition coefficient (Wildman–Crippen LogP) is 3.96. The van der Waals surface area contributed by atoms with Crippen molar-refractivity contribution >= 4 is 16.6 Å². The van der Waals surface area contributed by atoms with Gasteiger partial charge >= 0.3 is 0 Å². The first-order valence-electron chi connectivity index (χ1n) is 6.25. The molecular weight excluding hydrogens is 248 g/mol. The third-order valence-corrected chi connectivity index (χ3v) is 3.50. The molecule has 0 aromatic carbocycles. The van der Waals surface area contributed by atoms with E-state index in [-0.39, 0.29) is 6.10 Å². The molecule has 0 aliphatic carbocycles. The zero-order valence-corrected chi connectivity index (χ0v) is 14.6. The molecule has 1 atom stereocenters. The molecule has 0 fully saturated rings. The minimum Gasteiger partial charge on any atom is -0.520 e. The predicted molar refractivity (Wildman–Crippen MR) is 78.0 cm³/mol. The minimum absolute atomic E-state index is 0.0413. The van der Waals surface area contributed by atoms with E-state index in [9.17, 15) is 0 Å². The molecule has 0 aromatic heterocycles. The summed E-state index contributed by atoms with van der Waals surface area (Å²) in [6.45, 7) is 17.6. The molecule has 0 rings (SSSR count). The Kier molecular flexibility index (Phi) is 6.51. The lowest BCUT2D eigenvalue weighted by molar-refractivity contribution is 0.105. The van der Waals surface area contributed by atoms with Crippen LogP contribution in [0.5, 0.6) is 0 Å². The van der Waals surface area contributed by atoms with Crippen molar-refractivity contribution in [2.75, 3.05) is 6.61 Å². The summed E-state index contributed by atoms with van der Waals surface area (Å²) in [5, 5.41) is 0. The number of rotatable bonds is 7. The maximum Gasteiger partial charge on any atom is 0.263 e. The standard InChI is InChI=1S/C12H28O3Si2/c1-9-13-12(15-17(6,7)8)10-11(2)14-16(3,4)5/h10-11H,9H2,1-8H3/b12-10+. The van der Waals surface area contributed by atoms with E-state index >= 15 is 0 Å². The first-order chi connectivity index (χ1) is 7.53. The molecule has 0 aliphatic rings. The van der Waals surface area contributed by atoms with Crippen LogP contribution in [0.1, 0.15) is 13.8 Å². The van der Waals surface area contributed by atoms with Gasteiger partial charge in [-0.25, -0.2) is 0 Å². The van der Waals surface area contributed by atoms with Gasteiger partial charge in [-0.2, -0.15) is 0 Å². The summed E-state index contributed by atoms with van der Waals surface area (Å²) in [6.07, 6.45) is 1.99. The van der Waals surface area contributed by atoms with Gasteiger partial charge in [-0.15, -0.1) is 0 Å². The van der Waals surface area contributed by atoms with Crippen LogP contribution in [0.3, 0.4) is 0 Å². The zero-order chi connectivity index (χ0) is 13.7. The maximum atomic E-state index is 5.95. The van der Waals surface area contributed by atoms with Gasteiger partial charge in [0.25, 0.3) is 5.95 Å². The summed E-state index contributed by atoms with van der Waals surface area (Å²) < 4.78 is 17.3. The van der Waals surface area contributed by atoms with E-state index < -0.39 is 16.6 Å². The third kappa shape index (κ3) is 10.6. The van der Waals surface area contributed by atoms with E-state index in [4.69, 9.17) is 13.6 Å². The van der Waals surface area contributed by atoms with Crippen LogP contribution in [0.25, 0.3) is 0 Å². The Labute approximate surface area is 108 Å². The maximum absolute atomic E-state index is 5.95. The average molecular weight is 277 g/mol. The highest BCUT2D eigenvalue weighted by Gasteiger charge is 2.21. The Bertz CT molecular complexity index is 251. The van der Waals surface area contributed by atoms with Gasteiger partial charge in [0.05, 0.1) is 12.7 Å². The second-order valence-electron chi connectivity index (χ2n) is 6.07. The lowest BCUT2D eigenvalue weighted by Crippen LogP contribution is -2.31. The Hall–Kier alpha value is -0.266. The molecule has 102 valence electrons. The van der Waals surface area contributed by atoms with Crippen LogP contribution >= 0.6 is 0 Å². The third-order valence-electron chi connectivity index (χ3n) is 1.60. The van der Waals surface area contributed by atoms with Crippen molar-refractivity contribution in [2.45, 2.75) is 59.2 Å². The van der Waals surface area contributed by atoms with Gasteiger partial charge in [0.2, 0.25) is 8.32 Å². The van der Waals surface area contributed by atoms with Gasteiger partial charge in [-0.1, -0.05) is 0 Å². The van der Waals surface area contributed by atoms with Crippen LogP contribution in [-0.4, -0.2) is 29.3 Å². The first-order valence-corrected chi connectivity index (χ1v) is 13.1. The molecule has 0 saturated carbocycles. The molecule has 3 nitrogen and oxygen atoms in total. The molecular formula is C12H28O3Si2. The van der Waals surface area contributed by atoms with Gasteiger partial charge < -0.3 is 13.6 Å². The topological polar surface area (TPSA) is 27.7 Å².